The molecule has 0 saturated carbocycles. The summed E-state index contributed by atoms with van der Waals surface area (Å²) in [6.45, 7) is 2.88. The Balaban J connectivity index is 1.63. The highest BCUT2D eigenvalue weighted by Crippen LogP contribution is 2.18. The molecule has 136 valence electrons. The van der Waals surface area contributed by atoms with Crippen molar-refractivity contribution < 1.29 is 19.4 Å². The molecule has 25 heavy (non-hydrogen) atoms. The molecule has 1 heterocycles. The lowest BCUT2D eigenvalue weighted by molar-refractivity contribution is -0.150. The molecule has 0 amide bonds. The topological polar surface area (TPSA) is 55.8 Å². The Morgan fingerprint density at radius 1 is 1.16 bits per heavy atom. The summed E-state index contributed by atoms with van der Waals surface area (Å²) in [4.78, 5) is 12.2. The summed E-state index contributed by atoms with van der Waals surface area (Å²) < 4.78 is 11.0. The number of aryl methyl sites for hydroxylation is 1. The maximum atomic E-state index is 11.0. The Labute approximate surface area is 153 Å². The van der Waals surface area contributed by atoms with Crippen LogP contribution < -0.4 is 4.74 Å². The largest absolute Gasteiger partial charge is 0.488 e. The molecule has 1 atom stereocenters. The van der Waals surface area contributed by atoms with E-state index in [-0.39, 0.29) is 0 Å². The van der Waals surface area contributed by atoms with Crippen LogP contribution in [0.3, 0.4) is 0 Å². The van der Waals surface area contributed by atoms with Crippen molar-refractivity contribution in [1.29, 1.82) is 0 Å². The minimum Gasteiger partial charge on any atom is -0.488 e. The summed E-state index contributed by atoms with van der Waals surface area (Å²) in [6.07, 6.45) is 3.85. The molecule has 0 aliphatic rings. The number of ether oxygens (including phenoxy) is 2. The third-order valence-corrected chi connectivity index (χ3v) is 4.81. The lowest BCUT2D eigenvalue weighted by Gasteiger charge is -2.11. The van der Waals surface area contributed by atoms with Crippen molar-refractivity contribution in [3.63, 3.8) is 0 Å². The van der Waals surface area contributed by atoms with E-state index in [2.05, 4.69) is 23.6 Å². The SMILES string of the molecule is CCOC(CCCCCc1ccc(OCc2cccs2)cc1)C(=O)O. The number of hydrogen-bond acceptors (Lipinski definition) is 4. The first-order chi connectivity index (χ1) is 12.2. The highest BCUT2D eigenvalue weighted by molar-refractivity contribution is 7.09. The number of carboxylic acid groups (broad SMARTS) is 1. The van der Waals surface area contributed by atoms with Gasteiger partial charge in [-0.2, -0.15) is 0 Å². The number of rotatable bonds is 12. The minimum atomic E-state index is -0.861. The van der Waals surface area contributed by atoms with Crippen LogP contribution in [0, 0.1) is 0 Å². The number of hydrogen-bond donors (Lipinski definition) is 1. The molecule has 1 unspecified atom stereocenters. The summed E-state index contributed by atoms with van der Waals surface area (Å²) in [5, 5.41) is 11.1. The number of carboxylic acids is 1. The van der Waals surface area contributed by atoms with E-state index in [0.717, 1.165) is 31.4 Å². The molecule has 2 rings (SSSR count). The minimum absolute atomic E-state index is 0.442. The zero-order chi connectivity index (χ0) is 17.9. The van der Waals surface area contributed by atoms with Gasteiger partial charge in [0.1, 0.15) is 12.4 Å². The molecule has 1 aromatic carbocycles. The summed E-state index contributed by atoms with van der Waals surface area (Å²) in [5.74, 6) is 0.0261. The molecule has 0 radical (unpaired) electrons. The van der Waals surface area contributed by atoms with E-state index in [0.29, 0.717) is 19.6 Å². The predicted molar refractivity (Wildman–Crippen MR) is 100 cm³/mol. The van der Waals surface area contributed by atoms with Gasteiger partial charge in [-0.1, -0.05) is 31.0 Å². The molecule has 4 nitrogen and oxygen atoms in total. The molecule has 0 aliphatic carbocycles. The Morgan fingerprint density at radius 2 is 1.96 bits per heavy atom. The lowest BCUT2D eigenvalue weighted by atomic mass is 10.0. The van der Waals surface area contributed by atoms with Gasteiger partial charge in [-0.05, 0) is 55.3 Å². The van der Waals surface area contributed by atoms with Crippen LogP contribution in [0.1, 0.15) is 43.0 Å². The normalized spacial score (nSPS) is 12.0. The van der Waals surface area contributed by atoms with Crippen LogP contribution in [-0.4, -0.2) is 23.8 Å². The first-order valence-electron chi connectivity index (χ1n) is 8.77. The molecule has 1 aromatic heterocycles. The van der Waals surface area contributed by atoms with Gasteiger partial charge in [-0.15, -0.1) is 11.3 Å². The zero-order valence-corrected chi connectivity index (χ0v) is 15.5. The predicted octanol–water partition coefficient (Wildman–Crippen LogP) is 4.92. The fraction of sp³-hybridized carbons (Fsp3) is 0.450. The summed E-state index contributed by atoms with van der Waals surface area (Å²) in [6, 6.07) is 12.3. The van der Waals surface area contributed by atoms with Crippen LogP contribution in [0.25, 0.3) is 0 Å². The monoisotopic (exact) mass is 362 g/mol. The fourth-order valence-corrected chi connectivity index (χ4v) is 3.23. The van der Waals surface area contributed by atoms with Gasteiger partial charge in [0.05, 0.1) is 0 Å². The van der Waals surface area contributed by atoms with Gasteiger partial charge < -0.3 is 14.6 Å². The maximum absolute atomic E-state index is 11.0. The second-order valence-electron chi connectivity index (χ2n) is 5.89. The summed E-state index contributed by atoms with van der Waals surface area (Å²) in [7, 11) is 0. The highest BCUT2D eigenvalue weighted by Gasteiger charge is 2.16. The number of aliphatic carboxylic acids is 1. The van der Waals surface area contributed by atoms with E-state index < -0.39 is 12.1 Å². The van der Waals surface area contributed by atoms with Crippen molar-refractivity contribution in [2.45, 2.75) is 51.7 Å². The number of benzene rings is 1. The lowest BCUT2D eigenvalue weighted by Crippen LogP contribution is -2.23. The van der Waals surface area contributed by atoms with Crippen molar-refractivity contribution in [2.75, 3.05) is 6.61 Å². The third-order valence-electron chi connectivity index (χ3n) is 3.96. The van der Waals surface area contributed by atoms with Gasteiger partial charge in [-0.3, -0.25) is 0 Å². The van der Waals surface area contributed by atoms with Crippen molar-refractivity contribution in [2.24, 2.45) is 0 Å². The van der Waals surface area contributed by atoms with E-state index >= 15 is 0 Å². The van der Waals surface area contributed by atoms with Gasteiger partial charge in [0, 0.05) is 11.5 Å². The molecule has 0 fully saturated rings. The molecule has 0 aliphatic heterocycles. The smallest absolute Gasteiger partial charge is 0.332 e. The van der Waals surface area contributed by atoms with E-state index in [1.807, 2.05) is 25.1 Å². The van der Waals surface area contributed by atoms with Gasteiger partial charge in [-0.25, -0.2) is 4.79 Å². The van der Waals surface area contributed by atoms with E-state index in [4.69, 9.17) is 14.6 Å². The Kier molecular flexibility index (Phi) is 8.49. The molecule has 0 saturated heterocycles. The Bertz CT molecular complexity index is 607. The number of carbonyl (C=O) groups is 1. The van der Waals surface area contributed by atoms with Gasteiger partial charge in [0.25, 0.3) is 0 Å². The van der Waals surface area contributed by atoms with Crippen molar-refractivity contribution in [3.8, 4) is 5.75 Å². The summed E-state index contributed by atoms with van der Waals surface area (Å²) in [5.41, 5.74) is 1.28. The van der Waals surface area contributed by atoms with Crippen molar-refractivity contribution in [3.05, 3.63) is 52.2 Å². The second kappa shape index (κ2) is 10.9. The third kappa shape index (κ3) is 7.28. The van der Waals surface area contributed by atoms with Crippen LogP contribution in [0.2, 0.25) is 0 Å². The van der Waals surface area contributed by atoms with Crippen LogP contribution in [0.4, 0.5) is 0 Å². The molecule has 0 spiro atoms. The number of unbranched alkanes of at least 4 members (excludes halogenated alkanes) is 2. The molecular formula is C20H26O4S. The van der Waals surface area contributed by atoms with Crippen LogP contribution in [0.5, 0.6) is 5.75 Å². The molecular weight excluding hydrogens is 336 g/mol. The fourth-order valence-electron chi connectivity index (χ4n) is 2.62. The Morgan fingerprint density at radius 3 is 2.60 bits per heavy atom. The van der Waals surface area contributed by atoms with Crippen LogP contribution >= 0.6 is 11.3 Å². The maximum Gasteiger partial charge on any atom is 0.332 e. The van der Waals surface area contributed by atoms with Crippen molar-refractivity contribution >= 4 is 17.3 Å². The quantitative estimate of drug-likeness (QED) is 0.545. The first-order valence-corrected chi connectivity index (χ1v) is 9.65. The molecule has 1 N–H and O–H groups in total. The van der Waals surface area contributed by atoms with Crippen molar-refractivity contribution in [1.82, 2.24) is 0 Å². The van der Waals surface area contributed by atoms with Gasteiger partial charge in [0.2, 0.25) is 0 Å². The highest BCUT2D eigenvalue weighted by atomic mass is 32.1. The Hall–Kier alpha value is -1.85. The number of thiophene rings is 1. The van der Waals surface area contributed by atoms with Crippen LogP contribution in [0.15, 0.2) is 41.8 Å². The first kappa shape index (κ1) is 19.5. The van der Waals surface area contributed by atoms with E-state index in [9.17, 15) is 4.79 Å². The van der Waals surface area contributed by atoms with Crippen LogP contribution in [-0.2, 0) is 22.6 Å². The zero-order valence-electron chi connectivity index (χ0n) is 14.6. The molecule has 5 heteroatoms. The average molecular weight is 362 g/mol. The summed E-state index contributed by atoms with van der Waals surface area (Å²) >= 11 is 1.70. The molecule has 2 aromatic rings. The molecule has 0 bridgehead atoms. The van der Waals surface area contributed by atoms with E-state index in [1.165, 1.54) is 10.4 Å². The van der Waals surface area contributed by atoms with E-state index in [1.54, 1.807) is 11.3 Å². The van der Waals surface area contributed by atoms with Gasteiger partial charge in [0.15, 0.2) is 6.10 Å². The standard InChI is InChI=1S/C20H26O4S/c1-2-23-19(20(21)22)9-5-3-4-7-16-10-12-17(13-11-16)24-15-18-8-6-14-25-18/h6,8,10-14,19H,2-5,7,9,15H2,1H3,(H,21,22). The average Bonchev–Trinajstić information content (AvgIpc) is 3.13. The second-order valence-corrected chi connectivity index (χ2v) is 6.93. The van der Waals surface area contributed by atoms with Gasteiger partial charge >= 0.3 is 5.97 Å².